The highest BCUT2D eigenvalue weighted by atomic mass is 16.6. The van der Waals surface area contributed by atoms with Gasteiger partial charge in [-0.1, -0.05) is 0 Å². The van der Waals surface area contributed by atoms with Gasteiger partial charge in [0.25, 0.3) is 0 Å². The van der Waals surface area contributed by atoms with Gasteiger partial charge in [0, 0.05) is 25.4 Å². The summed E-state index contributed by atoms with van der Waals surface area (Å²) in [6.45, 7) is 2.54. The van der Waals surface area contributed by atoms with E-state index in [9.17, 15) is 10.1 Å². The number of nitrogens with one attached hydrogen (secondary N) is 1. The quantitative estimate of drug-likeness (QED) is 0.654. The van der Waals surface area contributed by atoms with Crippen molar-refractivity contribution in [2.24, 2.45) is 5.92 Å². The van der Waals surface area contributed by atoms with Crippen molar-refractivity contribution >= 4 is 11.5 Å². The number of hydrogen-bond donors (Lipinski definition) is 1. The van der Waals surface area contributed by atoms with Crippen molar-refractivity contribution < 1.29 is 4.92 Å². The van der Waals surface area contributed by atoms with E-state index in [1.54, 1.807) is 0 Å². The topological polar surface area (TPSA) is 95.1 Å². The summed E-state index contributed by atoms with van der Waals surface area (Å²) >= 11 is 0. The number of pyridine rings is 1. The molecule has 0 atom stereocenters. The Labute approximate surface area is 123 Å². The SMILES string of the molecule is CNCCC1CCN(c2ncc(C#N)cc2[N+](=O)[O-])CC1. The molecule has 21 heavy (non-hydrogen) atoms. The molecule has 1 aromatic heterocycles. The number of nitrogens with zero attached hydrogens (tertiary/aromatic N) is 4. The van der Waals surface area contributed by atoms with Crippen LogP contribution in [0.25, 0.3) is 0 Å². The molecule has 1 N–H and O–H groups in total. The lowest BCUT2D eigenvalue weighted by molar-refractivity contribution is -0.384. The van der Waals surface area contributed by atoms with Gasteiger partial charge in [-0.15, -0.1) is 0 Å². The van der Waals surface area contributed by atoms with E-state index in [2.05, 4.69) is 10.3 Å². The van der Waals surface area contributed by atoms with E-state index in [4.69, 9.17) is 5.26 Å². The van der Waals surface area contributed by atoms with Gasteiger partial charge < -0.3 is 10.2 Å². The first-order chi connectivity index (χ1) is 10.2. The lowest BCUT2D eigenvalue weighted by atomic mass is 9.93. The molecule has 1 aliphatic heterocycles. The van der Waals surface area contributed by atoms with Crippen LogP contribution in [0, 0.1) is 27.4 Å². The molecule has 0 aromatic carbocycles. The molecule has 0 unspecified atom stereocenters. The highest BCUT2D eigenvalue weighted by Crippen LogP contribution is 2.30. The Kier molecular flexibility index (Phi) is 5.06. The normalized spacial score (nSPS) is 15.7. The monoisotopic (exact) mass is 289 g/mol. The largest absolute Gasteiger partial charge is 0.351 e. The molecule has 0 amide bonds. The molecule has 0 radical (unpaired) electrons. The van der Waals surface area contributed by atoms with Crippen molar-refractivity contribution in [2.45, 2.75) is 19.3 Å². The fourth-order valence-corrected chi connectivity index (χ4v) is 2.67. The molecule has 1 saturated heterocycles. The summed E-state index contributed by atoms with van der Waals surface area (Å²) in [7, 11) is 1.94. The Bertz CT molecular complexity index is 547. The zero-order chi connectivity index (χ0) is 15.2. The number of rotatable bonds is 5. The second kappa shape index (κ2) is 6.99. The number of hydrogen-bond acceptors (Lipinski definition) is 6. The van der Waals surface area contributed by atoms with Crippen LogP contribution in [0.15, 0.2) is 12.3 Å². The van der Waals surface area contributed by atoms with Gasteiger partial charge in [0.1, 0.15) is 6.07 Å². The van der Waals surface area contributed by atoms with Crippen LogP contribution in [-0.2, 0) is 0 Å². The van der Waals surface area contributed by atoms with Gasteiger partial charge in [0.15, 0.2) is 0 Å². The molecular formula is C14H19N5O2. The molecule has 0 aliphatic carbocycles. The molecule has 2 heterocycles. The number of anilines is 1. The Balaban J connectivity index is 2.10. The van der Waals surface area contributed by atoms with E-state index in [-0.39, 0.29) is 11.3 Å². The van der Waals surface area contributed by atoms with Crippen LogP contribution in [0.5, 0.6) is 0 Å². The van der Waals surface area contributed by atoms with Crippen molar-refractivity contribution in [3.8, 4) is 6.07 Å². The lowest BCUT2D eigenvalue weighted by Crippen LogP contribution is -2.35. The van der Waals surface area contributed by atoms with Crippen molar-refractivity contribution in [1.29, 1.82) is 5.26 Å². The summed E-state index contributed by atoms with van der Waals surface area (Å²) in [5.41, 5.74) is 0.136. The van der Waals surface area contributed by atoms with Crippen molar-refractivity contribution in [3.63, 3.8) is 0 Å². The molecule has 7 heteroatoms. The van der Waals surface area contributed by atoms with Crippen molar-refractivity contribution in [1.82, 2.24) is 10.3 Å². The minimum Gasteiger partial charge on any atom is -0.351 e. The molecule has 1 fully saturated rings. The number of nitriles is 1. The van der Waals surface area contributed by atoms with E-state index < -0.39 is 4.92 Å². The Morgan fingerprint density at radius 3 is 2.86 bits per heavy atom. The van der Waals surface area contributed by atoms with Crippen LogP contribution in [-0.4, -0.2) is 36.6 Å². The summed E-state index contributed by atoms with van der Waals surface area (Å²) in [6.07, 6.45) is 4.56. The molecule has 0 spiro atoms. The molecule has 0 saturated carbocycles. The highest BCUT2D eigenvalue weighted by molar-refractivity contribution is 5.60. The van der Waals surface area contributed by atoms with Crippen LogP contribution < -0.4 is 10.2 Å². The van der Waals surface area contributed by atoms with Crippen LogP contribution in [0.2, 0.25) is 0 Å². The minimum absolute atomic E-state index is 0.0808. The summed E-state index contributed by atoms with van der Waals surface area (Å²) in [4.78, 5) is 16.8. The lowest BCUT2D eigenvalue weighted by Gasteiger charge is -2.32. The first-order valence-corrected chi connectivity index (χ1v) is 7.09. The fraction of sp³-hybridized carbons (Fsp3) is 0.571. The molecule has 7 nitrogen and oxygen atoms in total. The highest BCUT2D eigenvalue weighted by Gasteiger charge is 2.26. The summed E-state index contributed by atoms with van der Waals surface area (Å²) in [5.74, 6) is 1.04. The first kappa shape index (κ1) is 15.2. The van der Waals surface area contributed by atoms with Gasteiger partial charge in [-0.05, 0) is 38.8 Å². The van der Waals surface area contributed by atoms with Crippen LogP contribution >= 0.6 is 0 Å². The van der Waals surface area contributed by atoms with Gasteiger partial charge in [0.05, 0.1) is 10.5 Å². The van der Waals surface area contributed by atoms with Crippen LogP contribution in [0.4, 0.5) is 11.5 Å². The second-order valence-electron chi connectivity index (χ2n) is 5.26. The predicted octanol–water partition coefficient (Wildman–Crippen LogP) is 1.69. The van der Waals surface area contributed by atoms with E-state index in [0.29, 0.717) is 11.7 Å². The third-order valence-electron chi connectivity index (χ3n) is 3.89. The summed E-state index contributed by atoms with van der Waals surface area (Å²) in [6, 6.07) is 3.19. The second-order valence-corrected chi connectivity index (χ2v) is 5.26. The van der Waals surface area contributed by atoms with Crippen LogP contribution in [0.3, 0.4) is 0 Å². The number of aromatic nitrogens is 1. The zero-order valence-corrected chi connectivity index (χ0v) is 12.1. The maximum Gasteiger partial charge on any atom is 0.312 e. The maximum atomic E-state index is 11.2. The van der Waals surface area contributed by atoms with Crippen molar-refractivity contribution in [3.05, 3.63) is 27.9 Å². The van der Waals surface area contributed by atoms with Gasteiger partial charge >= 0.3 is 5.69 Å². The molecule has 1 aromatic rings. The molecule has 2 rings (SSSR count). The molecule has 112 valence electrons. The average molecular weight is 289 g/mol. The van der Waals surface area contributed by atoms with Gasteiger partial charge in [-0.2, -0.15) is 5.26 Å². The maximum absolute atomic E-state index is 11.2. The van der Waals surface area contributed by atoms with Gasteiger partial charge in [-0.3, -0.25) is 10.1 Å². The van der Waals surface area contributed by atoms with E-state index in [0.717, 1.165) is 38.9 Å². The fourth-order valence-electron chi connectivity index (χ4n) is 2.67. The minimum atomic E-state index is -0.462. The Morgan fingerprint density at radius 1 is 1.57 bits per heavy atom. The number of piperidine rings is 1. The Hall–Kier alpha value is -2.20. The van der Waals surface area contributed by atoms with Gasteiger partial charge in [-0.25, -0.2) is 4.98 Å². The molecular weight excluding hydrogens is 270 g/mol. The van der Waals surface area contributed by atoms with E-state index >= 15 is 0 Å². The number of nitro groups is 1. The smallest absolute Gasteiger partial charge is 0.312 e. The van der Waals surface area contributed by atoms with E-state index in [1.807, 2.05) is 18.0 Å². The predicted molar refractivity (Wildman–Crippen MR) is 79.1 cm³/mol. The summed E-state index contributed by atoms with van der Waals surface area (Å²) < 4.78 is 0. The van der Waals surface area contributed by atoms with Gasteiger partial charge in [0.2, 0.25) is 5.82 Å². The molecule has 0 bridgehead atoms. The molecule has 1 aliphatic rings. The Morgan fingerprint density at radius 2 is 2.29 bits per heavy atom. The zero-order valence-electron chi connectivity index (χ0n) is 12.1. The third-order valence-corrected chi connectivity index (χ3v) is 3.89. The summed E-state index contributed by atoms with van der Waals surface area (Å²) in [5, 5.41) is 23.1. The van der Waals surface area contributed by atoms with Crippen molar-refractivity contribution in [2.75, 3.05) is 31.6 Å². The van der Waals surface area contributed by atoms with Crippen LogP contribution in [0.1, 0.15) is 24.8 Å². The first-order valence-electron chi connectivity index (χ1n) is 7.09. The third kappa shape index (κ3) is 3.67. The van der Waals surface area contributed by atoms with E-state index in [1.165, 1.54) is 12.3 Å². The average Bonchev–Trinajstić information content (AvgIpc) is 2.52. The standard InChI is InChI=1S/C14H19N5O2/c1-16-5-2-11-3-6-18(7-4-11)14-13(19(20)21)8-12(9-15)10-17-14/h8,10-11,16H,2-7H2,1H3.